The van der Waals surface area contributed by atoms with E-state index in [0.29, 0.717) is 12.8 Å². The molecule has 0 spiro atoms. The monoisotopic (exact) mass is 199 g/mol. The molecule has 1 aliphatic rings. The summed E-state index contributed by atoms with van der Waals surface area (Å²) < 4.78 is 0. The molecule has 0 aromatic carbocycles. The Kier molecular flexibility index (Phi) is 2.95. The van der Waals surface area contributed by atoms with Gasteiger partial charge in [0.15, 0.2) is 0 Å². The fourth-order valence-electron chi connectivity index (χ4n) is 1.68. The van der Waals surface area contributed by atoms with E-state index in [2.05, 4.69) is 0 Å². The summed E-state index contributed by atoms with van der Waals surface area (Å²) in [5.41, 5.74) is -0.233. The van der Waals surface area contributed by atoms with Crippen molar-refractivity contribution in [1.29, 1.82) is 0 Å². The van der Waals surface area contributed by atoms with Gasteiger partial charge in [0, 0.05) is 12.8 Å². The molecule has 1 saturated heterocycles. The van der Waals surface area contributed by atoms with E-state index >= 15 is 0 Å². The lowest BCUT2D eigenvalue weighted by Gasteiger charge is -2.35. The second kappa shape index (κ2) is 3.69. The Morgan fingerprint density at radius 2 is 1.79 bits per heavy atom. The number of hydrogen-bond donors (Lipinski definition) is 1. The average molecular weight is 199 g/mol. The molecule has 0 bridgehead atoms. The zero-order chi connectivity index (χ0) is 10.9. The average Bonchev–Trinajstić information content (AvgIpc) is 1.94. The molecule has 1 atom stereocenters. The van der Waals surface area contributed by atoms with Crippen molar-refractivity contribution in [1.82, 2.24) is 4.90 Å². The molecule has 80 valence electrons. The minimum absolute atomic E-state index is 0.119. The lowest BCUT2D eigenvalue weighted by molar-refractivity contribution is -0.153. The fourth-order valence-corrected chi connectivity index (χ4v) is 1.68. The van der Waals surface area contributed by atoms with Crippen LogP contribution in [0, 0.1) is 5.41 Å². The van der Waals surface area contributed by atoms with Crippen molar-refractivity contribution < 1.29 is 14.7 Å². The summed E-state index contributed by atoms with van der Waals surface area (Å²) in [6.07, 6.45) is 0.112. The van der Waals surface area contributed by atoms with E-state index < -0.39 is 6.10 Å². The smallest absolute Gasteiger partial charge is 0.229 e. The van der Waals surface area contributed by atoms with Crippen LogP contribution >= 0.6 is 0 Å². The summed E-state index contributed by atoms with van der Waals surface area (Å²) in [4.78, 5) is 24.3. The Labute approximate surface area is 83.9 Å². The zero-order valence-electron chi connectivity index (χ0n) is 8.91. The first-order chi connectivity index (χ1) is 6.32. The van der Waals surface area contributed by atoms with Gasteiger partial charge in [-0.3, -0.25) is 14.5 Å². The van der Waals surface area contributed by atoms with Gasteiger partial charge < -0.3 is 5.11 Å². The Hall–Kier alpha value is -0.900. The predicted octanol–water partition coefficient (Wildman–Crippen LogP) is 0.542. The van der Waals surface area contributed by atoms with Gasteiger partial charge in [-0.2, -0.15) is 0 Å². The van der Waals surface area contributed by atoms with Crippen LogP contribution in [-0.4, -0.2) is 34.5 Å². The molecule has 0 aromatic heterocycles. The maximum atomic E-state index is 11.5. The van der Waals surface area contributed by atoms with Crippen LogP contribution in [0.5, 0.6) is 0 Å². The van der Waals surface area contributed by atoms with Gasteiger partial charge in [0.25, 0.3) is 0 Å². The molecular weight excluding hydrogens is 182 g/mol. The Bertz CT molecular complexity index is 238. The normalized spacial score (nSPS) is 23.9. The summed E-state index contributed by atoms with van der Waals surface area (Å²) in [5.74, 6) is -0.348. The summed E-state index contributed by atoms with van der Waals surface area (Å²) in [5, 5.41) is 9.12. The lowest BCUT2D eigenvalue weighted by atomic mass is 9.82. The number of hydrogen-bond acceptors (Lipinski definition) is 3. The molecule has 1 aliphatic heterocycles. The van der Waals surface area contributed by atoms with Crippen LogP contribution in [0.15, 0.2) is 0 Å². The first-order valence-electron chi connectivity index (χ1n) is 4.83. The summed E-state index contributed by atoms with van der Waals surface area (Å²) in [7, 11) is 0. The van der Waals surface area contributed by atoms with Crippen LogP contribution in [-0.2, 0) is 9.59 Å². The molecular formula is C10H17NO3. The molecule has 4 nitrogen and oxygen atoms in total. The molecule has 4 heteroatoms. The molecule has 0 radical (unpaired) electrons. The van der Waals surface area contributed by atoms with Crippen LogP contribution in [0.3, 0.4) is 0 Å². The van der Waals surface area contributed by atoms with Gasteiger partial charge in [0.1, 0.15) is 0 Å². The first-order valence-corrected chi connectivity index (χ1v) is 4.83. The molecule has 2 amide bonds. The maximum absolute atomic E-state index is 11.5. The molecule has 0 aliphatic carbocycles. The number of piperidine rings is 1. The SMILES string of the molecule is CC(O)CN1C(=O)CC(C)(C)CC1=O. The second-order valence-corrected chi connectivity index (χ2v) is 4.76. The molecule has 1 rings (SSSR count). The third-order valence-corrected chi connectivity index (χ3v) is 2.31. The first kappa shape index (κ1) is 11.2. The molecule has 0 aromatic rings. The predicted molar refractivity (Wildman–Crippen MR) is 51.4 cm³/mol. The highest BCUT2D eigenvalue weighted by Gasteiger charge is 2.37. The molecule has 1 unspecified atom stereocenters. The van der Waals surface area contributed by atoms with E-state index in [0.717, 1.165) is 4.90 Å². The minimum atomic E-state index is -0.649. The van der Waals surface area contributed by atoms with Crippen molar-refractivity contribution in [2.24, 2.45) is 5.41 Å². The van der Waals surface area contributed by atoms with Gasteiger partial charge >= 0.3 is 0 Å². The molecule has 14 heavy (non-hydrogen) atoms. The number of imide groups is 1. The van der Waals surface area contributed by atoms with Crippen molar-refractivity contribution >= 4 is 11.8 Å². The van der Waals surface area contributed by atoms with Gasteiger partial charge in [-0.05, 0) is 12.3 Å². The fraction of sp³-hybridized carbons (Fsp3) is 0.800. The third-order valence-electron chi connectivity index (χ3n) is 2.31. The molecule has 1 heterocycles. The van der Waals surface area contributed by atoms with Gasteiger partial charge in [0.2, 0.25) is 11.8 Å². The van der Waals surface area contributed by atoms with Gasteiger partial charge in [-0.15, -0.1) is 0 Å². The van der Waals surface area contributed by atoms with Gasteiger partial charge in [-0.25, -0.2) is 0 Å². The Balaban J connectivity index is 2.71. The van der Waals surface area contributed by atoms with E-state index in [1.807, 2.05) is 13.8 Å². The topological polar surface area (TPSA) is 57.6 Å². The highest BCUT2D eigenvalue weighted by Crippen LogP contribution is 2.31. The number of likely N-dealkylation sites (tertiary alicyclic amines) is 1. The lowest BCUT2D eigenvalue weighted by Crippen LogP contribution is -2.48. The number of nitrogens with zero attached hydrogens (tertiary/aromatic N) is 1. The number of carbonyl (C=O) groups is 2. The summed E-state index contributed by atoms with van der Waals surface area (Å²) >= 11 is 0. The van der Waals surface area contributed by atoms with Crippen LogP contribution in [0.1, 0.15) is 33.6 Å². The Morgan fingerprint density at radius 3 is 2.14 bits per heavy atom. The Morgan fingerprint density at radius 1 is 1.36 bits per heavy atom. The van der Waals surface area contributed by atoms with Crippen LogP contribution in [0.25, 0.3) is 0 Å². The molecule has 0 saturated carbocycles. The van der Waals surface area contributed by atoms with E-state index in [9.17, 15) is 9.59 Å². The summed E-state index contributed by atoms with van der Waals surface area (Å²) in [6, 6.07) is 0. The molecule has 1 N–H and O–H groups in total. The highest BCUT2D eigenvalue weighted by atomic mass is 16.3. The van der Waals surface area contributed by atoms with Gasteiger partial charge in [0.05, 0.1) is 12.6 Å². The number of carbonyl (C=O) groups excluding carboxylic acids is 2. The summed E-state index contributed by atoms with van der Waals surface area (Å²) in [6.45, 7) is 5.50. The number of aliphatic hydroxyl groups excluding tert-OH is 1. The maximum Gasteiger partial charge on any atom is 0.229 e. The quantitative estimate of drug-likeness (QED) is 0.660. The van der Waals surface area contributed by atoms with Crippen molar-refractivity contribution in [2.45, 2.75) is 39.7 Å². The van der Waals surface area contributed by atoms with E-state index in [-0.39, 0.29) is 23.8 Å². The number of rotatable bonds is 2. The van der Waals surface area contributed by atoms with Crippen molar-refractivity contribution in [3.63, 3.8) is 0 Å². The van der Waals surface area contributed by atoms with Crippen LogP contribution in [0.2, 0.25) is 0 Å². The van der Waals surface area contributed by atoms with Crippen molar-refractivity contribution in [2.75, 3.05) is 6.54 Å². The largest absolute Gasteiger partial charge is 0.392 e. The number of β-amino-alcohol motifs (C(OH)–C–C–N with tert-alkyl or cyclic N) is 1. The van der Waals surface area contributed by atoms with E-state index in [1.54, 1.807) is 6.92 Å². The van der Waals surface area contributed by atoms with Crippen LogP contribution < -0.4 is 0 Å². The molecule has 1 fully saturated rings. The van der Waals surface area contributed by atoms with Crippen molar-refractivity contribution in [3.05, 3.63) is 0 Å². The van der Waals surface area contributed by atoms with Crippen molar-refractivity contribution in [3.8, 4) is 0 Å². The third kappa shape index (κ3) is 2.54. The second-order valence-electron chi connectivity index (χ2n) is 4.76. The number of aliphatic hydroxyl groups is 1. The van der Waals surface area contributed by atoms with E-state index in [4.69, 9.17) is 5.11 Å². The standard InChI is InChI=1S/C10H17NO3/c1-7(12)6-11-8(13)4-10(2,3)5-9(11)14/h7,12H,4-6H2,1-3H3. The van der Waals surface area contributed by atoms with E-state index in [1.165, 1.54) is 0 Å². The zero-order valence-corrected chi connectivity index (χ0v) is 8.91. The van der Waals surface area contributed by atoms with Gasteiger partial charge in [-0.1, -0.05) is 13.8 Å². The minimum Gasteiger partial charge on any atom is -0.392 e. The number of amides is 2. The highest BCUT2D eigenvalue weighted by molar-refractivity contribution is 5.98. The van der Waals surface area contributed by atoms with Crippen LogP contribution in [0.4, 0.5) is 0 Å².